The van der Waals surface area contributed by atoms with Gasteiger partial charge in [0.1, 0.15) is 5.69 Å². The molecule has 0 unspecified atom stereocenters. The molecule has 122 valence electrons. The van der Waals surface area contributed by atoms with Crippen LogP contribution in [0.2, 0.25) is 0 Å². The average Bonchev–Trinajstić information content (AvgIpc) is 3.11. The Morgan fingerprint density at radius 2 is 1.96 bits per heavy atom. The minimum Gasteiger partial charge on any atom is -0.348 e. The van der Waals surface area contributed by atoms with E-state index in [9.17, 15) is 4.79 Å². The first-order valence-corrected chi connectivity index (χ1v) is 8.16. The number of nitrogens with zero attached hydrogens (tertiary/aromatic N) is 2. The summed E-state index contributed by atoms with van der Waals surface area (Å²) in [6, 6.07) is 17.9. The molecule has 0 aliphatic rings. The van der Waals surface area contributed by atoms with Crippen LogP contribution in [-0.2, 0) is 6.42 Å². The molecule has 3 aromatic rings. The molecule has 0 radical (unpaired) electrons. The predicted octanol–water partition coefficient (Wildman–Crippen LogP) is 3.62. The number of hydrogen-bond acceptors (Lipinski definition) is 2. The number of nitrogens with one attached hydrogen (secondary N) is 1. The van der Waals surface area contributed by atoms with Crippen LogP contribution in [0.4, 0.5) is 0 Å². The van der Waals surface area contributed by atoms with E-state index in [0.29, 0.717) is 5.69 Å². The number of hydrogen-bond donors (Lipinski definition) is 1. The van der Waals surface area contributed by atoms with Gasteiger partial charge in [0.15, 0.2) is 0 Å². The molecule has 0 fully saturated rings. The van der Waals surface area contributed by atoms with Gasteiger partial charge in [-0.05, 0) is 49.6 Å². The highest BCUT2D eigenvalue weighted by Crippen LogP contribution is 2.12. The van der Waals surface area contributed by atoms with Crippen LogP contribution in [0.25, 0.3) is 5.69 Å². The summed E-state index contributed by atoms with van der Waals surface area (Å²) in [5.41, 5.74) is 2.79. The van der Waals surface area contributed by atoms with E-state index in [-0.39, 0.29) is 11.9 Å². The van der Waals surface area contributed by atoms with Gasteiger partial charge in [-0.1, -0.05) is 30.3 Å². The van der Waals surface area contributed by atoms with Gasteiger partial charge in [0, 0.05) is 18.4 Å². The fourth-order valence-corrected chi connectivity index (χ4v) is 2.69. The Labute approximate surface area is 142 Å². The maximum Gasteiger partial charge on any atom is 0.268 e. The SMILES string of the molecule is C[C@@H](CCc1ccccc1)NC(=O)c1cccn1-c1cccnc1. The predicted molar refractivity (Wildman–Crippen MR) is 95.3 cm³/mol. The molecule has 1 N–H and O–H groups in total. The number of benzene rings is 1. The minimum absolute atomic E-state index is 0.0654. The summed E-state index contributed by atoms with van der Waals surface area (Å²) >= 11 is 0. The van der Waals surface area contributed by atoms with Crippen LogP contribution in [0.3, 0.4) is 0 Å². The molecule has 0 aliphatic heterocycles. The molecule has 2 heterocycles. The summed E-state index contributed by atoms with van der Waals surface area (Å²) < 4.78 is 1.85. The lowest BCUT2D eigenvalue weighted by Gasteiger charge is -2.15. The van der Waals surface area contributed by atoms with Gasteiger partial charge in [-0.25, -0.2) is 0 Å². The number of aromatic nitrogens is 2. The van der Waals surface area contributed by atoms with Gasteiger partial charge < -0.3 is 9.88 Å². The highest BCUT2D eigenvalue weighted by Gasteiger charge is 2.14. The van der Waals surface area contributed by atoms with E-state index in [1.54, 1.807) is 12.4 Å². The van der Waals surface area contributed by atoms with Crippen molar-refractivity contribution >= 4 is 5.91 Å². The van der Waals surface area contributed by atoms with Gasteiger partial charge in [0.05, 0.1) is 11.9 Å². The lowest BCUT2D eigenvalue weighted by Crippen LogP contribution is -2.34. The van der Waals surface area contributed by atoms with Crippen LogP contribution in [0, 0.1) is 0 Å². The maximum absolute atomic E-state index is 12.6. The zero-order valence-electron chi connectivity index (χ0n) is 13.7. The number of carbonyl (C=O) groups excluding carboxylic acids is 1. The van der Waals surface area contributed by atoms with E-state index in [2.05, 4.69) is 22.4 Å². The van der Waals surface area contributed by atoms with Gasteiger partial charge in [-0.2, -0.15) is 0 Å². The van der Waals surface area contributed by atoms with E-state index < -0.39 is 0 Å². The Morgan fingerprint density at radius 3 is 2.71 bits per heavy atom. The van der Waals surface area contributed by atoms with Crippen LogP contribution in [0.1, 0.15) is 29.4 Å². The quantitative estimate of drug-likeness (QED) is 0.754. The average molecular weight is 319 g/mol. The third-order valence-corrected chi connectivity index (χ3v) is 3.99. The van der Waals surface area contributed by atoms with Gasteiger partial charge in [-0.15, -0.1) is 0 Å². The molecule has 0 bridgehead atoms. The first kappa shape index (κ1) is 16.0. The van der Waals surface area contributed by atoms with Crippen molar-refractivity contribution in [1.29, 1.82) is 0 Å². The molecule has 24 heavy (non-hydrogen) atoms. The second kappa shape index (κ2) is 7.59. The molecular weight excluding hydrogens is 298 g/mol. The summed E-state index contributed by atoms with van der Waals surface area (Å²) in [4.78, 5) is 16.7. The highest BCUT2D eigenvalue weighted by atomic mass is 16.2. The first-order chi connectivity index (χ1) is 11.7. The van der Waals surface area contributed by atoms with E-state index in [0.717, 1.165) is 18.5 Å². The molecule has 2 aromatic heterocycles. The van der Waals surface area contributed by atoms with Crippen molar-refractivity contribution in [2.24, 2.45) is 0 Å². The molecule has 0 saturated carbocycles. The zero-order valence-corrected chi connectivity index (χ0v) is 13.7. The Hall–Kier alpha value is -2.88. The lowest BCUT2D eigenvalue weighted by molar-refractivity contribution is 0.0931. The van der Waals surface area contributed by atoms with Crippen LogP contribution in [0.15, 0.2) is 73.2 Å². The molecule has 1 atom stereocenters. The first-order valence-electron chi connectivity index (χ1n) is 8.16. The second-order valence-corrected chi connectivity index (χ2v) is 5.87. The zero-order chi connectivity index (χ0) is 16.8. The standard InChI is InChI=1S/C20H21N3O/c1-16(11-12-17-7-3-2-4-8-17)22-20(24)19-10-6-14-23(19)18-9-5-13-21-15-18/h2-10,13-16H,11-12H2,1H3,(H,22,24)/t16-/m0/s1. The molecule has 0 saturated heterocycles. The Morgan fingerprint density at radius 1 is 1.12 bits per heavy atom. The largest absolute Gasteiger partial charge is 0.348 e. The van der Waals surface area contributed by atoms with E-state index >= 15 is 0 Å². The van der Waals surface area contributed by atoms with Gasteiger partial charge in [-0.3, -0.25) is 9.78 Å². The molecule has 4 nitrogen and oxygen atoms in total. The van der Waals surface area contributed by atoms with Crippen molar-refractivity contribution < 1.29 is 4.79 Å². The number of carbonyl (C=O) groups is 1. The smallest absolute Gasteiger partial charge is 0.268 e. The number of rotatable bonds is 6. The van der Waals surface area contributed by atoms with Crippen LogP contribution >= 0.6 is 0 Å². The monoisotopic (exact) mass is 319 g/mol. The van der Waals surface area contributed by atoms with Crippen molar-refractivity contribution in [3.63, 3.8) is 0 Å². The molecule has 0 aliphatic carbocycles. The number of pyridine rings is 1. The third-order valence-electron chi connectivity index (χ3n) is 3.99. The number of amides is 1. The molecule has 4 heteroatoms. The minimum atomic E-state index is -0.0654. The van der Waals surface area contributed by atoms with Crippen LogP contribution in [0.5, 0.6) is 0 Å². The van der Waals surface area contributed by atoms with Gasteiger partial charge in [0.2, 0.25) is 0 Å². The molecular formula is C20H21N3O. The Balaban J connectivity index is 1.62. The second-order valence-electron chi connectivity index (χ2n) is 5.87. The van der Waals surface area contributed by atoms with Gasteiger partial charge in [0.25, 0.3) is 5.91 Å². The van der Waals surface area contributed by atoms with Crippen molar-refractivity contribution in [2.75, 3.05) is 0 Å². The Bertz CT molecular complexity index is 781. The lowest BCUT2D eigenvalue weighted by atomic mass is 10.1. The third kappa shape index (κ3) is 3.90. The van der Waals surface area contributed by atoms with Crippen molar-refractivity contribution in [3.05, 3.63) is 84.4 Å². The normalized spacial score (nSPS) is 11.9. The molecule has 3 rings (SSSR count). The topological polar surface area (TPSA) is 46.9 Å². The Kier molecular flexibility index (Phi) is 5.06. The van der Waals surface area contributed by atoms with E-state index in [1.165, 1.54) is 5.56 Å². The summed E-state index contributed by atoms with van der Waals surface area (Å²) in [6.07, 6.45) is 7.20. The molecule has 1 aromatic carbocycles. The van der Waals surface area contributed by atoms with Crippen molar-refractivity contribution in [1.82, 2.24) is 14.9 Å². The van der Waals surface area contributed by atoms with Crippen LogP contribution in [-0.4, -0.2) is 21.5 Å². The van der Waals surface area contributed by atoms with Gasteiger partial charge >= 0.3 is 0 Å². The van der Waals surface area contributed by atoms with E-state index in [1.807, 2.05) is 60.2 Å². The van der Waals surface area contributed by atoms with Crippen molar-refractivity contribution in [2.45, 2.75) is 25.8 Å². The fourth-order valence-electron chi connectivity index (χ4n) is 2.69. The summed E-state index contributed by atoms with van der Waals surface area (Å²) in [5, 5.41) is 3.08. The highest BCUT2D eigenvalue weighted by molar-refractivity contribution is 5.93. The number of aryl methyl sites for hydroxylation is 1. The maximum atomic E-state index is 12.6. The summed E-state index contributed by atoms with van der Waals surface area (Å²) in [5.74, 6) is -0.0654. The fraction of sp³-hybridized carbons (Fsp3) is 0.200. The van der Waals surface area contributed by atoms with E-state index in [4.69, 9.17) is 0 Å². The summed E-state index contributed by atoms with van der Waals surface area (Å²) in [7, 11) is 0. The molecule has 1 amide bonds. The van der Waals surface area contributed by atoms with Crippen molar-refractivity contribution in [3.8, 4) is 5.69 Å². The summed E-state index contributed by atoms with van der Waals surface area (Å²) in [6.45, 7) is 2.04. The van der Waals surface area contributed by atoms with Crippen LogP contribution < -0.4 is 5.32 Å². The molecule has 0 spiro atoms.